The predicted molar refractivity (Wildman–Crippen MR) is 78.9 cm³/mol. The van der Waals surface area contributed by atoms with Gasteiger partial charge in [-0.2, -0.15) is 0 Å². The summed E-state index contributed by atoms with van der Waals surface area (Å²) in [4.78, 5) is 27.4. The number of rotatable bonds is 3. The standard InChI is InChI=1S/C13H23N3O3S/c1-3-11-16(10(8-20-11)12(17)18)13(19)14-9-5-4-6-15(2)7-9/h9-11H,3-8H2,1-2H3,(H,14,19)(H,17,18). The molecule has 2 rings (SSSR count). The van der Waals surface area contributed by atoms with Crippen LogP contribution in [0.3, 0.4) is 0 Å². The van der Waals surface area contributed by atoms with Crippen LogP contribution in [0.2, 0.25) is 0 Å². The van der Waals surface area contributed by atoms with Gasteiger partial charge in [-0.25, -0.2) is 9.59 Å². The summed E-state index contributed by atoms with van der Waals surface area (Å²) in [5, 5.41) is 12.2. The topological polar surface area (TPSA) is 72.9 Å². The van der Waals surface area contributed by atoms with Crippen LogP contribution in [0.4, 0.5) is 4.79 Å². The van der Waals surface area contributed by atoms with Crippen molar-refractivity contribution in [2.45, 2.75) is 43.6 Å². The van der Waals surface area contributed by atoms with Crippen LogP contribution in [-0.4, -0.2) is 70.3 Å². The number of nitrogens with zero attached hydrogens (tertiary/aromatic N) is 2. The fourth-order valence-electron chi connectivity index (χ4n) is 2.87. The Morgan fingerprint density at radius 1 is 1.45 bits per heavy atom. The molecule has 0 aromatic heterocycles. The highest BCUT2D eigenvalue weighted by Crippen LogP contribution is 2.31. The third-order valence-corrected chi connectivity index (χ3v) is 5.37. The minimum atomic E-state index is -0.913. The lowest BCUT2D eigenvalue weighted by Crippen LogP contribution is -2.55. The van der Waals surface area contributed by atoms with E-state index in [1.54, 1.807) is 11.8 Å². The summed E-state index contributed by atoms with van der Waals surface area (Å²) in [6, 6.07) is -0.806. The minimum Gasteiger partial charge on any atom is -0.480 e. The number of thioether (sulfide) groups is 1. The van der Waals surface area contributed by atoms with Crippen LogP contribution in [0.5, 0.6) is 0 Å². The Labute approximate surface area is 123 Å². The van der Waals surface area contributed by atoms with Crippen molar-refractivity contribution in [3.05, 3.63) is 0 Å². The van der Waals surface area contributed by atoms with Gasteiger partial charge < -0.3 is 15.3 Å². The number of likely N-dealkylation sites (N-methyl/N-ethyl adjacent to an activating group) is 1. The van der Waals surface area contributed by atoms with Gasteiger partial charge in [0.15, 0.2) is 0 Å². The first kappa shape index (κ1) is 15.4. The van der Waals surface area contributed by atoms with Gasteiger partial charge in [-0.3, -0.25) is 4.90 Å². The van der Waals surface area contributed by atoms with Gasteiger partial charge in [0.25, 0.3) is 0 Å². The van der Waals surface area contributed by atoms with Crippen LogP contribution >= 0.6 is 11.8 Å². The van der Waals surface area contributed by atoms with Gasteiger partial charge >= 0.3 is 12.0 Å². The molecule has 2 fully saturated rings. The van der Waals surface area contributed by atoms with Crippen molar-refractivity contribution in [2.24, 2.45) is 0 Å². The monoisotopic (exact) mass is 301 g/mol. The van der Waals surface area contributed by atoms with E-state index >= 15 is 0 Å². The van der Waals surface area contributed by atoms with Crippen molar-refractivity contribution in [1.29, 1.82) is 0 Å². The third-order valence-electron chi connectivity index (χ3n) is 3.91. The second-order valence-electron chi connectivity index (χ2n) is 5.51. The van der Waals surface area contributed by atoms with Crippen molar-refractivity contribution in [3.63, 3.8) is 0 Å². The van der Waals surface area contributed by atoms with Crippen molar-refractivity contribution in [2.75, 3.05) is 25.9 Å². The Kier molecular flexibility index (Phi) is 5.15. The van der Waals surface area contributed by atoms with E-state index in [-0.39, 0.29) is 17.4 Å². The summed E-state index contributed by atoms with van der Waals surface area (Å²) < 4.78 is 0. The molecule has 7 heteroatoms. The molecule has 3 unspecified atom stereocenters. The van der Waals surface area contributed by atoms with Crippen molar-refractivity contribution < 1.29 is 14.7 Å². The summed E-state index contributed by atoms with van der Waals surface area (Å²) in [5.74, 6) is -0.435. The number of amides is 2. The smallest absolute Gasteiger partial charge is 0.327 e. The SMILES string of the molecule is CCC1SCC(C(=O)O)N1C(=O)NC1CCCN(C)C1. The molecule has 0 aromatic carbocycles. The third kappa shape index (κ3) is 3.38. The summed E-state index contributed by atoms with van der Waals surface area (Å²) in [6.45, 7) is 3.87. The number of hydrogen-bond donors (Lipinski definition) is 2. The summed E-state index contributed by atoms with van der Waals surface area (Å²) in [5.41, 5.74) is 0. The van der Waals surface area contributed by atoms with E-state index in [1.807, 2.05) is 14.0 Å². The molecule has 3 atom stereocenters. The average molecular weight is 301 g/mol. The molecule has 0 spiro atoms. The quantitative estimate of drug-likeness (QED) is 0.814. The molecule has 0 aliphatic carbocycles. The average Bonchev–Trinajstić information content (AvgIpc) is 2.82. The maximum Gasteiger partial charge on any atom is 0.327 e. The maximum atomic E-state index is 12.4. The molecule has 0 radical (unpaired) electrons. The summed E-state index contributed by atoms with van der Waals surface area (Å²) in [7, 11) is 2.04. The fourth-order valence-corrected chi connectivity index (χ4v) is 4.22. The number of carboxylic acids is 1. The minimum absolute atomic E-state index is 0.0302. The van der Waals surface area contributed by atoms with Crippen LogP contribution in [0.15, 0.2) is 0 Å². The number of carbonyl (C=O) groups excluding carboxylic acids is 1. The zero-order chi connectivity index (χ0) is 14.7. The van der Waals surface area contributed by atoms with Gasteiger partial charge in [0.05, 0.1) is 5.37 Å². The van der Waals surface area contributed by atoms with Gasteiger partial charge in [-0.15, -0.1) is 11.8 Å². The molecule has 6 nitrogen and oxygen atoms in total. The molecule has 114 valence electrons. The molecular formula is C13H23N3O3S. The molecule has 2 N–H and O–H groups in total. The maximum absolute atomic E-state index is 12.4. The largest absolute Gasteiger partial charge is 0.480 e. The molecule has 2 aliphatic heterocycles. The molecular weight excluding hydrogens is 278 g/mol. The molecule has 2 amide bonds. The number of urea groups is 1. The first-order chi connectivity index (χ1) is 9.52. The van der Waals surface area contributed by atoms with E-state index in [4.69, 9.17) is 0 Å². The first-order valence-electron chi connectivity index (χ1n) is 7.14. The molecule has 0 saturated carbocycles. The highest BCUT2D eigenvalue weighted by atomic mass is 32.2. The molecule has 20 heavy (non-hydrogen) atoms. The van der Waals surface area contributed by atoms with Crippen LogP contribution in [0.25, 0.3) is 0 Å². The van der Waals surface area contributed by atoms with Gasteiger partial charge in [0.1, 0.15) is 6.04 Å². The molecule has 2 saturated heterocycles. The Hall–Kier alpha value is -0.950. The van der Waals surface area contributed by atoms with Crippen molar-refractivity contribution in [3.8, 4) is 0 Å². The van der Waals surface area contributed by atoms with Gasteiger partial charge in [-0.05, 0) is 32.9 Å². The van der Waals surface area contributed by atoms with E-state index in [0.29, 0.717) is 5.75 Å². The van der Waals surface area contributed by atoms with E-state index in [9.17, 15) is 14.7 Å². The molecule has 0 bridgehead atoms. The molecule has 2 aliphatic rings. The highest BCUT2D eigenvalue weighted by molar-refractivity contribution is 8.00. The zero-order valence-electron chi connectivity index (χ0n) is 12.0. The predicted octanol–water partition coefficient (Wildman–Crippen LogP) is 1.03. The van der Waals surface area contributed by atoms with Crippen LogP contribution in [-0.2, 0) is 4.79 Å². The van der Waals surface area contributed by atoms with E-state index in [2.05, 4.69) is 10.2 Å². The number of nitrogens with one attached hydrogen (secondary N) is 1. The Bertz CT molecular complexity index is 380. The number of hydrogen-bond acceptors (Lipinski definition) is 4. The lowest BCUT2D eigenvalue weighted by molar-refractivity contribution is -0.141. The van der Waals surface area contributed by atoms with Gasteiger partial charge in [0.2, 0.25) is 0 Å². The van der Waals surface area contributed by atoms with Gasteiger partial charge in [-0.1, -0.05) is 6.92 Å². The Morgan fingerprint density at radius 3 is 2.80 bits per heavy atom. The second kappa shape index (κ2) is 6.67. The number of carboxylic acid groups (broad SMARTS) is 1. The Morgan fingerprint density at radius 2 is 2.20 bits per heavy atom. The normalized spacial score (nSPS) is 31.3. The van der Waals surface area contributed by atoms with Crippen LogP contribution < -0.4 is 5.32 Å². The Balaban J connectivity index is 1.99. The fraction of sp³-hybridized carbons (Fsp3) is 0.846. The first-order valence-corrected chi connectivity index (χ1v) is 8.19. The van der Waals surface area contributed by atoms with E-state index < -0.39 is 12.0 Å². The van der Waals surface area contributed by atoms with E-state index in [1.165, 1.54) is 4.90 Å². The number of piperidine rings is 1. The molecule has 0 aromatic rings. The number of carbonyl (C=O) groups is 2. The van der Waals surface area contributed by atoms with Crippen molar-refractivity contribution in [1.82, 2.24) is 15.1 Å². The van der Waals surface area contributed by atoms with Crippen LogP contribution in [0, 0.1) is 0 Å². The second-order valence-corrected chi connectivity index (χ2v) is 6.72. The zero-order valence-corrected chi connectivity index (χ0v) is 12.9. The summed E-state index contributed by atoms with van der Waals surface area (Å²) >= 11 is 1.55. The summed E-state index contributed by atoms with van der Waals surface area (Å²) in [6.07, 6.45) is 2.80. The van der Waals surface area contributed by atoms with E-state index in [0.717, 1.165) is 32.4 Å². The highest BCUT2D eigenvalue weighted by Gasteiger charge is 2.41. The van der Waals surface area contributed by atoms with Crippen molar-refractivity contribution >= 4 is 23.8 Å². The van der Waals surface area contributed by atoms with Gasteiger partial charge in [0, 0.05) is 18.3 Å². The number of aliphatic carboxylic acids is 1. The van der Waals surface area contributed by atoms with Crippen LogP contribution in [0.1, 0.15) is 26.2 Å². The molecule has 2 heterocycles. The lowest BCUT2D eigenvalue weighted by Gasteiger charge is -2.33. The lowest BCUT2D eigenvalue weighted by atomic mass is 10.1. The number of likely N-dealkylation sites (tertiary alicyclic amines) is 1.